The van der Waals surface area contributed by atoms with Crippen molar-refractivity contribution in [2.24, 2.45) is 0 Å². The normalized spacial score (nSPS) is 10.4. The van der Waals surface area contributed by atoms with E-state index in [-0.39, 0.29) is 6.54 Å². The fourth-order valence-electron chi connectivity index (χ4n) is 1.84. The second kappa shape index (κ2) is 4.93. The van der Waals surface area contributed by atoms with Crippen molar-refractivity contribution in [2.45, 2.75) is 13.5 Å². The molecule has 0 aliphatic carbocycles. The summed E-state index contributed by atoms with van der Waals surface area (Å²) in [6, 6.07) is 9.13. The molecule has 0 atom stereocenters. The Bertz CT molecular complexity index is 677. The zero-order valence-corrected chi connectivity index (χ0v) is 10.2. The number of aromatic hydroxyl groups is 1. The van der Waals surface area contributed by atoms with Gasteiger partial charge >= 0.3 is 11.2 Å². The molecule has 0 saturated heterocycles. The molecule has 1 aromatic carbocycles. The van der Waals surface area contributed by atoms with Gasteiger partial charge in [0.1, 0.15) is 0 Å². The maximum Gasteiger partial charge on any atom is 0.375 e. The van der Waals surface area contributed by atoms with Gasteiger partial charge < -0.3 is 9.67 Å². The molecule has 0 bridgehead atoms. The third-order valence-electron chi connectivity index (χ3n) is 2.79. The van der Waals surface area contributed by atoms with E-state index < -0.39 is 21.9 Å². The molecular formula is C13H12N2O4. The highest BCUT2D eigenvalue weighted by molar-refractivity contribution is 5.47. The van der Waals surface area contributed by atoms with E-state index in [2.05, 4.69) is 0 Å². The smallest absolute Gasteiger partial charge is 0.375 e. The molecule has 1 N–H and O–H groups in total. The van der Waals surface area contributed by atoms with Crippen LogP contribution < -0.4 is 5.56 Å². The van der Waals surface area contributed by atoms with Crippen molar-refractivity contribution in [3.8, 4) is 5.75 Å². The average Bonchev–Trinajstić information content (AvgIpc) is 2.37. The van der Waals surface area contributed by atoms with Gasteiger partial charge in [-0.2, -0.15) is 0 Å². The van der Waals surface area contributed by atoms with Gasteiger partial charge in [0.2, 0.25) is 5.75 Å². The molecular weight excluding hydrogens is 248 g/mol. The first-order valence-electron chi connectivity index (χ1n) is 5.62. The van der Waals surface area contributed by atoms with Crippen LogP contribution >= 0.6 is 0 Å². The molecule has 2 rings (SSSR count). The maximum absolute atomic E-state index is 11.9. The standard InChI is InChI=1S/C13H12N2O4/c1-9-7-14(8-10-5-3-2-4-6-10)13(17)11(12(9)16)15(18)19/h2-7,16H,8H2,1H3. The number of nitro groups is 1. The zero-order chi connectivity index (χ0) is 14.0. The molecule has 6 nitrogen and oxygen atoms in total. The molecule has 6 heteroatoms. The number of pyridine rings is 1. The number of rotatable bonds is 3. The fraction of sp³-hybridized carbons (Fsp3) is 0.154. The lowest BCUT2D eigenvalue weighted by Gasteiger charge is -2.08. The number of hydrogen-bond donors (Lipinski definition) is 1. The van der Waals surface area contributed by atoms with Crippen LogP contribution in [0.25, 0.3) is 0 Å². The molecule has 0 fully saturated rings. The molecule has 0 spiro atoms. The van der Waals surface area contributed by atoms with Crippen molar-refractivity contribution < 1.29 is 10.0 Å². The lowest BCUT2D eigenvalue weighted by molar-refractivity contribution is -0.387. The van der Waals surface area contributed by atoms with Crippen LogP contribution in [0.15, 0.2) is 41.3 Å². The Morgan fingerprint density at radius 3 is 2.53 bits per heavy atom. The van der Waals surface area contributed by atoms with Crippen LogP contribution in [0.1, 0.15) is 11.1 Å². The Labute approximate surface area is 108 Å². The molecule has 2 aromatic rings. The van der Waals surface area contributed by atoms with Gasteiger partial charge in [0.25, 0.3) is 0 Å². The molecule has 0 aliphatic rings. The molecule has 1 heterocycles. The van der Waals surface area contributed by atoms with Crippen LogP contribution in [0.5, 0.6) is 5.75 Å². The second-order valence-corrected chi connectivity index (χ2v) is 4.19. The summed E-state index contributed by atoms with van der Waals surface area (Å²) in [5, 5.41) is 20.4. The third-order valence-corrected chi connectivity index (χ3v) is 2.79. The summed E-state index contributed by atoms with van der Waals surface area (Å²) >= 11 is 0. The van der Waals surface area contributed by atoms with Crippen LogP contribution in [0.4, 0.5) is 5.69 Å². The number of aryl methyl sites for hydroxylation is 1. The van der Waals surface area contributed by atoms with E-state index in [1.807, 2.05) is 30.3 Å². The van der Waals surface area contributed by atoms with Gasteiger partial charge in [0.15, 0.2) is 0 Å². The summed E-state index contributed by atoms with van der Waals surface area (Å²) < 4.78 is 1.22. The topological polar surface area (TPSA) is 85.4 Å². The van der Waals surface area contributed by atoms with E-state index in [4.69, 9.17) is 0 Å². The molecule has 0 aliphatic heterocycles. The van der Waals surface area contributed by atoms with Gasteiger partial charge in [-0.05, 0) is 12.5 Å². The molecule has 0 amide bonds. The van der Waals surface area contributed by atoms with Crippen molar-refractivity contribution >= 4 is 5.69 Å². The van der Waals surface area contributed by atoms with Gasteiger partial charge in [-0.3, -0.25) is 14.9 Å². The Kier molecular flexibility index (Phi) is 3.33. The van der Waals surface area contributed by atoms with Gasteiger partial charge in [-0.15, -0.1) is 0 Å². The highest BCUT2D eigenvalue weighted by Gasteiger charge is 2.23. The predicted molar refractivity (Wildman–Crippen MR) is 69.3 cm³/mol. The second-order valence-electron chi connectivity index (χ2n) is 4.19. The van der Waals surface area contributed by atoms with Crippen molar-refractivity contribution in [1.82, 2.24) is 4.57 Å². The third kappa shape index (κ3) is 2.47. The molecule has 0 saturated carbocycles. The van der Waals surface area contributed by atoms with E-state index in [0.717, 1.165) is 5.56 Å². The average molecular weight is 260 g/mol. The number of aromatic nitrogens is 1. The number of nitrogens with zero attached hydrogens (tertiary/aromatic N) is 2. The predicted octanol–water partition coefficient (Wildman–Crippen LogP) is 1.82. The van der Waals surface area contributed by atoms with E-state index in [9.17, 15) is 20.0 Å². The Hall–Kier alpha value is -2.63. The molecule has 98 valence electrons. The minimum absolute atomic E-state index is 0.224. The summed E-state index contributed by atoms with van der Waals surface area (Å²) in [7, 11) is 0. The lowest BCUT2D eigenvalue weighted by Crippen LogP contribution is -2.23. The van der Waals surface area contributed by atoms with Gasteiger partial charge in [-0.25, -0.2) is 0 Å². The van der Waals surface area contributed by atoms with Crippen molar-refractivity contribution in [3.63, 3.8) is 0 Å². The van der Waals surface area contributed by atoms with E-state index in [0.29, 0.717) is 5.56 Å². The van der Waals surface area contributed by atoms with E-state index in [1.54, 1.807) is 0 Å². The highest BCUT2D eigenvalue weighted by atomic mass is 16.6. The molecule has 19 heavy (non-hydrogen) atoms. The molecule has 1 aromatic heterocycles. The first-order valence-corrected chi connectivity index (χ1v) is 5.62. The van der Waals surface area contributed by atoms with Gasteiger partial charge in [-0.1, -0.05) is 30.3 Å². The van der Waals surface area contributed by atoms with E-state index >= 15 is 0 Å². The van der Waals surface area contributed by atoms with Crippen LogP contribution in [-0.2, 0) is 6.54 Å². The summed E-state index contributed by atoms with van der Waals surface area (Å²) in [4.78, 5) is 21.9. The van der Waals surface area contributed by atoms with E-state index in [1.165, 1.54) is 17.7 Å². The SMILES string of the molecule is Cc1cn(Cc2ccccc2)c(=O)c([N+](=O)[O-])c1O. The van der Waals surface area contributed by atoms with Crippen molar-refractivity contribution in [2.75, 3.05) is 0 Å². The summed E-state index contributed by atoms with van der Waals surface area (Å²) in [5.41, 5.74) is -0.445. The largest absolute Gasteiger partial charge is 0.502 e. The van der Waals surface area contributed by atoms with Crippen molar-refractivity contribution in [1.29, 1.82) is 0 Å². The summed E-state index contributed by atoms with van der Waals surface area (Å²) in [6.07, 6.45) is 1.41. The lowest BCUT2D eigenvalue weighted by atomic mass is 10.2. The maximum atomic E-state index is 11.9. The fourth-order valence-corrected chi connectivity index (χ4v) is 1.84. The van der Waals surface area contributed by atoms with Crippen molar-refractivity contribution in [3.05, 3.63) is 68.1 Å². The first-order chi connectivity index (χ1) is 9.00. The highest BCUT2D eigenvalue weighted by Crippen LogP contribution is 2.24. The zero-order valence-electron chi connectivity index (χ0n) is 10.2. The van der Waals surface area contributed by atoms with Crippen LogP contribution in [0.2, 0.25) is 0 Å². The Morgan fingerprint density at radius 2 is 1.95 bits per heavy atom. The molecule has 0 radical (unpaired) electrons. The minimum atomic E-state index is -0.855. The number of benzene rings is 1. The quantitative estimate of drug-likeness (QED) is 0.673. The minimum Gasteiger partial charge on any atom is -0.502 e. The Morgan fingerprint density at radius 1 is 1.32 bits per heavy atom. The molecule has 0 unspecified atom stereocenters. The number of hydrogen-bond acceptors (Lipinski definition) is 4. The first kappa shape index (κ1) is 12.8. The summed E-state index contributed by atoms with van der Waals surface area (Å²) in [6.45, 7) is 1.74. The van der Waals surface area contributed by atoms with Crippen LogP contribution in [-0.4, -0.2) is 14.6 Å². The monoisotopic (exact) mass is 260 g/mol. The summed E-state index contributed by atoms with van der Waals surface area (Å²) in [5.74, 6) is -0.570. The van der Waals surface area contributed by atoms with Crippen LogP contribution in [0, 0.1) is 17.0 Å². The van der Waals surface area contributed by atoms with Gasteiger partial charge in [0, 0.05) is 11.8 Å². The van der Waals surface area contributed by atoms with Crippen LogP contribution in [0.3, 0.4) is 0 Å². The Balaban J connectivity index is 2.54. The van der Waals surface area contributed by atoms with Gasteiger partial charge in [0.05, 0.1) is 11.5 Å².